The van der Waals surface area contributed by atoms with E-state index in [2.05, 4.69) is 4.98 Å². The number of hydrogen-bond acceptors (Lipinski definition) is 9. The summed E-state index contributed by atoms with van der Waals surface area (Å²) >= 11 is 0. The van der Waals surface area contributed by atoms with Gasteiger partial charge in [0.2, 0.25) is 0 Å². The Balaban J connectivity index is 1.75. The van der Waals surface area contributed by atoms with Crippen LogP contribution in [0.1, 0.15) is 18.2 Å². The summed E-state index contributed by atoms with van der Waals surface area (Å²) in [5, 5.41) is 38.4. The number of hydrogen-bond donors (Lipinski definition) is 5. The first-order valence-electron chi connectivity index (χ1n) is 8.22. The summed E-state index contributed by atoms with van der Waals surface area (Å²) in [6.07, 6.45) is -5.71. The van der Waals surface area contributed by atoms with Crippen molar-refractivity contribution in [2.75, 3.05) is 13.2 Å². The summed E-state index contributed by atoms with van der Waals surface area (Å²) in [5.74, 6) is 0. The number of aliphatic hydroxyl groups is 4. The van der Waals surface area contributed by atoms with Crippen LogP contribution in [-0.4, -0.2) is 80.0 Å². The Labute approximate surface area is 147 Å². The van der Waals surface area contributed by atoms with Crippen molar-refractivity contribution in [3.63, 3.8) is 0 Å². The molecule has 0 spiro atoms. The lowest BCUT2D eigenvalue weighted by Crippen LogP contribution is -2.38. The Bertz CT molecular complexity index is 747. The van der Waals surface area contributed by atoms with Gasteiger partial charge in [0.05, 0.1) is 19.3 Å². The average molecular weight is 374 g/mol. The number of nitrogens with zero attached hydrogens (tertiary/aromatic N) is 1. The molecule has 2 saturated heterocycles. The van der Waals surface area contributed by atoms with Crippen LogP contribution in [0.3, 0.4) is 0 Å². The summed E-state index contributed by atoms with van der Waals surface area (Å²) in [6, 6.07) is 0. The van der Waals surface area contributed by atoms with Crippen LogP contribution in [0.25, 0.3) is 0 Å². The predicted molar refractivity (Wildman–Crippen MR) is 84.3 cm³/mol. The fourth-order valence-electron chi connectivity index (χ4n) is 3.13. The molecule has 26 heavy (non-hydrogen) atoms. The van der Waals surface area contributed by atoms with Gasteiger partial charge in [0, 0.05) is 18.2 Å². The molecule has 7 atom stereocenters. The number of nitrogens with one attached hydrogen (secondary N) is 1. The van der Waals surface area contributed by atoms with Crippen LogP contribution in [0.2, 0.25) is 0 Å². The maximum Gasteiger partial charge on any atom is 0.330 e. The second-order valence-electron chi connectivity index (χ2n) is 6.41. The van der Waals surface area contributed by atoms with E-state index in [1.165, 1.54) is 10.8 Å². The van der Waals surface area contributed by atoms with E-state index in [4.69, 9.17) is 19.3 Å². The summed E-state index contributed by atoms with van der Waals surface area (Å²) in [4.78, 5) is 25.7. The summed E-state index contributed by atoms with van der Waals surface area (Å²) < 4.78 is 17.7. The molecule has 3 rings (SSSR count). The van der Waals surface area contributed by atoms with Gasteiger partial charge >= 0.3 is 5.69 Å². The number of ether oxygens (including phenoxy) is 3. The molecule has 11 heteroatoms. The van der Waals surface area contributed by atoms with Crippen LogP contribution in [-0.2, 0) is 14.2 Å². The third kappa shape index (κ3) is 3.47. The zero-order chi connectivity index (χ0) is 19.0. The van der Waals surface area contributed by atoms with Gasteiger partial charge in [0.15, 0.2) is 6.29 Å². The van der Waals surface area contributed by atoms with Crippen LogP contribution in [0.5, 0.6) is 0 Å². The highest BCUT2D eigenvalue weighted by molar-refractivity contribution is 5.02. The average Bonchev–Trinajstić information content (AvgIpc) is 3.14. The first kappa shape index (κ1) is 19.2. The summed E-state index contributed by atoms with van der Waals surface area (Å²) in [5.41, 5.74) is -0.834. The topological polar surface area (TPSA) is 163 Å². The van der Waals surface area contributed by atoms with Gasteiger partial charge in [-0.3, -0.25) is 14.3 Å². The Morgan fingerprint density at radius 3 is 2.50 bits per heavy atom. The molecule has 0 aliphatic carbocycles. The molecule has 11 nitrogen and oxygen atoms in total. The minimum absolute atomic E-state index is 0.142. The SMILES string of the molecule is Cc1cn([C@H]2CC(O[C@@H]3O[C@@H](CO)C(O)[C@@H]3O)[C@@H](CO)O2)c(=O)[nH]c1=O. The summed E-state index contributed by atoms with van der Waals surface area (Å²) in [7, 11) is 0. The van der Waals surface area contributed by atoms with Gasteiger partial charge in [-0.15, -0.1) is 0 Å². The van der Waals surface area contributed by atoms with E-state index in [1.807, 2.05) is 0 Å². The van der Waals surface area contributed by atoms with E-state index in [0.717, 1.165) is 0 Å². The second kappa shape index (κ2) is 7.56. The Morgan fingerprint density at radius 1 is 1.19 bits per heavy atom. The molecule has 2 aliphatic rings. The highest BCUT2D eigenvalue weighted by Crippen LogP contribution is 2.33. The molecule has 0 bridgehead atoms. The molecule has 0 saturated carbocycles. The third-order valence-electron chi connectivity index (χ3n) is 4.62. The van der Waals surface area contributed by atoms with Crippen molar-refractivity contribution in [2.45, 2.75) is 56.4 Å². The maximum absolute atomic E-state index is 12.0. The molecule has 146 valence electrons. The van der Waals surface area contributed by atoms with Crippen LogP contribution >= 0.6 is 0 Å². The number of aromatic amines is 1. The predicted octanol–water partition coefficient (Wildman–Crippen LogP) is -3.05. The van der Waals surface area contributed by atoms with Gasteiger partial charge in [0.1, 0.15) is 30.6 Å². The largest absolute Gasteiger partial charge is 0.394 e. The normalized spacial score (nSPS) is 37.3. The van der Waals surface area contributed by atoms with E-state index in [0.29, 0.717) is 5.56 Å². The molecule has 5 N–H and O–H groups in total. The van der Waals surface area contributed by atoms with Crippen molar-refractivity contribution in [3.8, 4) is 0 Å². The van der Waals surface area contributed by atoms with Crippen molar-refractivity contribution >= 4 is 0 Å². The van der Waals surface area contributed by atoms with E-state index in [9.17, 15) is 24.9 Å². The van der Waals surface area contributed by atoms with Crippen molar-refractivity contribution in [1.82, 2.24) is 9.55 Å². The molecule has 0 radical (unpaired) electrons. The van der Waals surface area contributed by atoms with Gasteiger partial charge in [-0.1, -0.05) is 0 Å². The van der Waals surface area contributed by atoms with Crippen molar-refractivity contribution in [2.24, 2.45) is 0 Å². The zero-order valence-corrected chi connectivity index (χ0v) is 14.0. The minimum atomic E-state index is -1.37. The fourth-order valence-corrected chi connectivity index (χ4v) is 3.13. The molecular formula is C15H22N2O9. The van der Waals surface area contributed by atoms with Gasteiger partial charge in [-0.25, -0.2) is 4.79 Å². The van der Waals surface area contributed by atoms with E-state index < -0.39 is 67.5 Å². The highest BCUT2D eigenvalue weighted by Gasteiger charge is 2.47. The third-order valence-corrected chi connectivity index (χ3v) is 4.62. The minimum Gasteiger partial charge on any atom is -0.394 e. The molecule has 1 aromatic heterocycles. The first-order valence-corrected chi connectivity index (χ1v) is 8.22. The summed E-state index contributed by atoms with van der Waals surface area (Å²) in [6.45, 7) is 0.644. The van der Waals surface area contributed by atoms with E-state index in [1.54, 1.807) is 6.92 Å². The standard InChI is InChI=1S/C15H22N2O9/c1-6-3-17(15(23)16-13(6)22)10-2-7(8(4-18)24-10)25-14-12(21)11(20)9(5-19)26-14/h3,7-12,14,18-21H,2,4-5H2,1H3,(H,16,22,23)/t7?,8-,9+,10-,11?,12+,14-/m1/s1. The Morgan fingerprint density at radius 2 is 1.88 bits per heavy atom. The lowest BCUT2D eigenvalue weighted by Gasteiger charge is -2.22. The molecule has 0 amide bonds. The molecule has 2 aliphatic heterocycles. The van der Waals surface area contributed by atoms with Gasteiger partial charge in [-0.2, -0.15) is 0 Å². The molecule has 2 fully saturated rings. The molecule has 0 aromatic carbocycles. The van der Waals surface area contributed by atoms with Gasteiger partial charge in [-0.05, 0) is 6.92 Å². The van der Waals surface area contributed by atoms with Crippen molar-refractivity contribution in [1.29, 1.82) is 0 Å². The number of rotatable bonds is 5. The van der Waals surface area contributed by atoms with E-state index in [-0.39, 0.29) is 6.42 Å². The van der Waals surface area contributed by atoms with Crippen LogP contribution in [0.4, 0.5) is 0 Å². The molecule has 2 unspecified atom stereocenters. The number of aryl methyl sites for hydroxylation is 1. The highest BCUT2D eigenvalue weighted by atomic mass is 16.7. The zero-order valence-electron chi connectivity index (χ0n) is 14.0. The van der Waals surface area contributed by atoms with E-state index >= 15 is 0 Å². The monoisotopic (exact) mass is 374 g/mol. The lowest BCUT2D eigenvalue weighted by atomic mass is 10.1. The fraction of sp³-hybridized carbons (Fsp3) is 0.733. The molecular weight excluding hydrogens is 352 g/mol. The van der Waals surface area contributed by atoms with Crippen LogP contribution in [0.15, 0.2) is 15.8 Å². The Hall–Kier alpha value is -1.60. The Kier molecular flexibility index (Phi) is 5.58. The second-order valence-corrected chi connectivity index (χ2v) is 6.41. The van der Waals surface area contributed by atoms with Gasteiger partial charge in [0.25, 0.3) is 5.56 Å². The molecule has 1 aromatic rings. The molecule has 3 heterocycles. The van der Waals surface area contributed by atoms with Crippen LogP contribution in [0, 0.1) is 6.92 Å². The number of aliphatic hydroxyl groups excluding tert-OH is 4. The first-order chi connectivity index (χ1) is 12.3. The van der Waals surface area contributed by atoms with Crippen LogP contribution < -0.4 is 11.2 Å². The number of H-pyrrole nitrogens is 1. The van der Waals surface area contributed by atoms with Crippen molar-refractivity contribution in [3.05, 3.63) is 32.6 Å². The van der Waals surface area contributed by atoms with Crippen molar-refractivity contribution < 1.29 is 34.6 Å². The smallest absolute Gasteiger partial charge is 0.330 e. The quantitative estimate of drug-likeness (QED) is 0.360. The number of aromatic nitrogens is 2. The maximum atomic E-state index is 12.0. The lowest BCUT2D eigenvalue weighted by molar-refractivity contribution is -0.204. The van der Waals surface area contributed by atoms with Gasteiger partial charge < -0.3 is 34.6 Å².